The molecule has 0 aliphatic rings. The summed E-state index contributed by atoms with van der Waals surface area (Å²) in [6, 6.07) is 8.62. The Morgan fingerprint density at radius 1 is 1.24 bits per heavy atom. The number of hydrogen-bond acceptors (Lipinski definition) is 5. The topological polar surface area (TPSA) is 84.5 Å². The number of fused-ring (bicyclic) bond motifs is 1. The van der Waals surface area contributed by atoms with E-state index in [1.165, 1.54) is 25.3 Å². The maximum absolute atomic E-state index is 12.0. The Morgan fingerprint density at radius 3 is 2.62 bits per heavy atom. The van der Waals surface area contributed by atoms with Gasteiger partial charge in [-0.25, -0.2) is 9.59 Å². The maximum atomic E-state index is 12.0. The molecule has 3 amide bonds. The lowest BCUT2D eigenvalue weighted by molar-refractivity contribution is -0.127. The van der Waals surface area contributed by atoms with Crippen molar-refractivity contribution >= 4 is 39.3 Å². The number of nitrogens with one attached hydrogen (secondary N) is 2. The fourth-order valence-corrected chi connectivity index (χ4v) is 2.58. The van der Waals surface area contributed by atoms with E-state index in [9.17, 15) is 14.4 Å². The Kier molecular flexibility index (Phi) is 4.54. The monoisotopic (exact) mass is 306 g/mol. The number of carbonyl (C=O) groups is 3. The zero-order valence-corrected chi connectivity index (χ0v) is 12.3. The molecule has 0 aliphatic carbocycles. The van der Waals surface area contributed by atoms with Crippen LogP contribution in [0.3, 0.4) is 0 Å². The van der Waals surface area contributed by atoms with Crippen molar-refractivity contribution in [2.75, 3.05) is 7.05 Å². The number of carbonyl (C=O) groups excluding carboxylic acids is 3. The number of rotatable bonds is 3. The summed E-state index contributed by atoms with van der Waals surface area (Å²) in [4.78, 5) is 35.0. The third-order valence-corrected chi connectivity index (χ3v) is 3.84. The summed E-state index contributed by atoms with van der Waals surface area (Å²) in [5, 5.41) is 5.24. The van der Waals surface area contributed by atoms with Gasteiger partial charge >= 0.3 is 12.0 Å². The fraction of sp³-hybridized carbons (Fsp3) is 0.214. The molecule has 0 bridgehead atoms. The van der Waals surface area contributed by atoms with Gasteiger partial charge in [0.15, 0.2) is 6.10 Å². The van der Waals surface area contributed by atoms with Crippen LogP contribution in [-0.2, 0) is 9.53 Å². The molecule has 21 heavy (non-hydrogen) atoms. The zero-order valence-electron chi connectivity index (χ0n) is 11.5. The summed E-state index contributed by atoms with van der Waals surface area (Å²) in [7, 11) is 1.39. The molecule has 2 aromatic rings. The molecule has 2 N–H and O–H groups in total. The number of ether oxygens (including phenoxy) is 1. The Balaban J connectivity index is 2.03. The van der Waals surface area contributed by atoms with Gasteiger partial charge in [-0.2, -0.15) is 0 Å². The average molecular weight is 306 g/mol. The predicted octanol–water partition coefficient (Wildman–Crippen LogP) is 1.90. The second-order valence-corrected chi connectivity index (χ2v) is 5.35. The molecule has 0 unspecified atom stereocenters. The van der Waals surface area contributed by atoms with Crippen molar-refractivity contribution in [3.8, 4) is 0 Å². The van der Waals surface area contributed by atoms with Gasteiger partial charge < -0.3 is 10.1 Å². The molecule has 0 saturated heterocycles. The third-order valence-electron chi connectivity index (χ3n) is 2.74. The van der Waals surface area contributed by atoms with Crippen LogP contribution in [-0.4, -0.2) is 31.1 Å². The standard InChI is InChI=1S/C14H14N2O4S/c1-8(12(17)16-14(19)15-2)20-13(18)11-7-9-5-3-4-6-10(9)21-11/h3-8H,1-2H3,(H2,15,16,17,19)/t8-/m0/s1. The van der Waals surface area contributed by atoms with Crippen molar-refractivity contribution in [1.29, 1.82) is 0 Å². The summed E-state index contributed by atoms with van der Waals surface area (Å²) in [6.45, 7) is 1.41. The van der Waals surface area contributed by atoms with Gasteiger partial charge in [-0.1, -0.05) is 18.2 Å². The van der Waals surface area contributed by atoms with Crippen LogP contribution in [0.15, 0.2) is 30.3 Å². The lowest BCUT2D eigenvalue weighted by Gasteiger charge is -2.11. The molecular weight excluding hydrogens is 292 g/mol. The van der Waals surface area contributed by atoms with Gasteiger partial charge in [0.1, 0.15) is 4.88 Å². The molecule has 2 rings (SSSR count). The molecule has 0 spiro atoms. The van der Waals surface area contributed by atoms with E-state index in [0.29, 0.717) is 4.88 Å². The van der Waals surface area contributed by atoms with Crippen LogP contribution < -0.4 is 10.6 Å². The predicted molar refractivity (Wildman–Crippen MR) is 79.3 cm³/mol. The molecule has 1 aromatic carbocycles. The van der Waals surface area contributed by atoms with Crippen molar-refractivity contribution in [3.63, 3.8) is 0 Å². The van der Waals surface area contributed by atoms with Gasteiger partial charge in [0.05, 0.1) is 0 Å². The highest BCUT2D eigenvalue weighted by molar-refractivity contribution is 7.20. The Bertz CT molecular complexity index is 662. The third kappa shape index (κ3) is 3.57. The molecule has 1 heterocycles. The number of imide groups is 1. The lowest BCUT2D eigenvalue weighted by Crippen LogP contribution is -2.43. The minimum absolute atomic E-state index is 0.413. The van der Waals surface area contributed by atoms with Crippen molar-refractivity contribution in [3.05, 3.63) is 35.2 Å². The molecule has 6 nitrogen and oxygen atoms in total. The molecule has 0 aliphatic heterocycles. The van der Waals surface area contributed by atoms with Crippen molar-refractivity contribution in [1.82, 2.24) is 10.6 Å². The molecule has 0 fully saturated rings. The van der Waals surface area contributed by atoms with Crippen molar-refractivity contribution in [2.24, 2.45) is 0 Å². The SMILES string of the molecule is CNC(=O)NC(=O)[C@H](C)OC(=O)c1cc2ccccc2s1. The van der Waals surface area contributed by atoms with E-state index in [1.54, 1.807) is 6.07 Å². The van der Waals surface area contributed by atoms with Gasteiger partial charge in [-0.3, -0.25) is 10.1 Å². The van der Waals surface area contributed by atoms with Crippen LogP contribution in [0, 0.1) is 0 Å². The van der Waals surface area contributed by atoms with Crippen LogP contribution in [0.4, 0.5) is 4.79 Å². The Labute approximate surface area is 125 Å². The molecule has 0 saturated carbocycles. The van der Waals surface area contributed by atoms with Crippen molar-refractivity contribution < 1.29 is 19.1 Å². The first-order valence-electron chi connectivity index (χ1n) is 6.23. The van der Waals surface area contributed by atoms with Gasteiger partial charge in [-0.05, 0) is 24.4 Å². The number of esters is 1. The van der Waals surface area contributed by atoms with Gasteiger partial charge in [0, 0.05) is 11.7 Å². The molecule has 110 valence electrons. The first-order chi connectivity index (χ1) is 10.0. The van der Waals surface area contributed by atoms with E-state index in [-0.39, 0.29) is 0 Å². The van der Waals surface area contributed by atoms with Gasteiger partial charge in [0.2, 0.25) is 0 Å². The Hall–Kier alpha value is -2.41. The summed E-state index contributed by atoms with van der Waals surface area (Å²) in [5.74, 6) is -1.26. The number of urea groups is 1. The molecule has 1 aromatic heterocycles. The van der Waals surface area contributed by atoms with Crippen LogP contribution >= 0.6 is 11.3 Å². The summed E-state index contributed by atoms with van der Waals surface area (Å²) in [5.41, 5.74) is 0. The van der Waals surface area contributed by atoms with Gasteiger partial charge in [0.25, 0.3) is 5.91 Å². The average Bonchev–Trinajstić information content (AvgIpc) is 2.90. The minimum Gasteiger partial charge on any atom is -0.448 e. The maximum Gasteiger partial charge on any atom is 0.349 e. The van der Waals surface area contributed by atoms with Gasteiger partial charge in [-0.15, -0.1) is 11.3 Å². The second kappa shape index (κ2) is 6.36. The van der Waals surface area contributed by atoms with E-state index in [4.69, 9.17) is 4.74 Å². The summed E-state index contributed by atoms with van der Waals surface area (Å²) >= 11 is 1.29. The van der Waals surface area contributed by atoms with Crippen LogP contribution in [0.5, 0.6) is 0 Å². The molecule has 7 heteroatoms. The molecule has 0 radical (unpaired) electrons. The molecular formula is C14H14N2O4S. The van der Waals surface area contributed by atoms with Crippen molar-refractivity contribution in [2.45, 2.75) is 13.0 Å². The van der Waals surface area contributed by atoms with E-state index in [0.717, 1.165) is 10.1 Å². The first-order valence-corrected chi connectivity index (χ1v) is 7.05. The van der Waals surface area contributed by atoms with E-state index >= 15 is 0 Å². The number of benzene rings is 1. The number of thiophene rings is 1. The van der Waals surface area contributed by atoms with Crippen LogP contribution in [0.2, 0.25) is 0 Å². The quantitative estimate of drug-likeness (QED) is 0.848. The zero-order chi connectivity index (χ0) is 15.4. The summed E-state index contributed by atoms with van der Waals surface area (Å²) in [6.07, 6.45) is -1.06. The highest BCUT2D eigenvalue weighted by atomic mass is 32.1. The highest BCUT2D eigenvalue weighted by Gasteiger charge is 2.21. The number of hydrogen-bond donors (Lipinski definition) is 2. The van der Waals surface area contributed by atoms with Crippen LogP contribution in [0.25, 0.3) is 10.1 Å². The smallest absolute Gasteiger partial charge is 0.349 e. The normalized spacial score (nSPS) is 11.7. The van der Waals surface area contributed by atoms with E-state index in [1.807, 2.05) is 29.6 Å². The fourth-order valence-electron chi connectivity index (χ4n) is 1.63. The van der Waals surface area contributed by atoms with E-state index in [2.05, 4.69) is 5.32 Å². The van der Waals surface area contributed by atoms with Crippen LogP contribution in [0.1, 0.15) is 16.6 Å². The number of amides is 3. The minimum atomic E-state index is -1.06. The Morgan fingerprint density at radius 2 is 1.95 bits per heavy atom. The van der Waals surface area contributed by atoms with E-state index < -0.39 is 24.0 Å². The largest absolute Gasteiger partial charge is 0.448 e. The highest BCUT2D eigenvalue weighted by Crippen LogP contribution is 2.25. The summed E-state index contributed by atoms with van der Waals surface area (Å²) < 4.78 is 6.02. The molecule has 1 atom stereocenters. The second-order valence-electron chi connectivity index (χ2n) is 4.26. The lowest BCUT2D eigenvalue weighted by atomic mass is 10.2. The first kappa shape index (κ1) is 15.0.